The predicted octanol–water partition coefficient (Wildman–Crippen LogP) is 6.42. The molecule has 2 aromatic carbocycles. The normalized spacial score (nSPS) is 23.0. The zero-order chi connectivity index (χ0) is 23.3. The number of halogens is 2. The number of benzene rings is 2. The van der Waals surface area contributed by atoms with Gasteiger partial charge in [0.05, 0.1) is 12.2 Å². The van der Waals surface area contributed by atoms with Crippen molar-refractivity contribution in [2.75, 3.05) is 6.61 Å². The average Bonchev–Trinajstić information content (AvgIpc) is 2.76. The molecule has 172 valence electrons. The second-order valence-corrected chi connectivity index (χ2v) is 8.42. The van der Waals surface area contributed by atoms with Crippen LogP contribution in [0.4, 0.5) is 8.78 Å². The van der Waals surface area contributed by atoms with Gasteiger partial charge in [0, 0.05) is 17.4 Å². The smallest absolute Gasteiger partial charge is 0.341 e. The summed E-state index contributed by atoms with van der Waals surface area (Å²) in [7, 11) is 0. The third-order valence-corrected chi connectivity index (χ3v) is 6.06. The molecule has 0 amide bonds. The summed E-state index contributed by atoms with van der Waals surface area (Å²) in [5.74, 6) is -2.30. The number of hydrogen-bond donors (Lipinski definition) is 1. The lowest BCUT2D eigenvalue weighted by Crippen LogP contribution is -2.36. The van der Waals surface area contributed by atoms with E-state index in [4.69, 9.17) is 14.6 Å². The Morgan fingerprint density at radius 1 is 1.22 bits per heavy atom. The Hall–Kier alpha value is -2.73. The van der Waals surface area contributed by atoms with Crippen molar-refractivity contribution in [3.05, 3.63) is 77.4 Å². The Morgan fingerprint density at radius 2 is 1.94 bits per heavy atom. The third-order valence-electron chi connectivity index (χ3n) is 6.06. The van der Waals surface area contributed by atoms with E-state index in [-0.39, 0.29) is 29.5 Å². The number of aliphatic carboxylic acids is 1. The van der Waals surface area contributed by atoms with Gasteiger partial charge in [-0.25, -0.2) is 13.6 Å². The lowest BCUT2D eigenvalue weighted by atomic mass is 9.74. The van der Waals surface area contributed by atoms with Gasteiger partial charge in [0.2, 0.25) is 0 Å². The molecule has 0 bridgehead atoms. The maximum Gasteiger partial charge on any atom is 0.341 e. The van der Waals surface area contributed by atoms with Gasteiger partial charge in [0.25, 0.3) is 0 Å². The van der Waals surface area contributed by atoms with Crippen molar-refractivity contribution in [3.8, 4) is 5.75 Å². The van der Waals surface area contributed by atoms with Crippen molar-refractivity contribution in [1.82, 2.24) is 0 Å². The summed E-state index contributed by atoms with van der Waals surface area (Å²) >= 11 is 0. The molecule has 3 rings (SSSR count). The SMILES string of the molecule is C=C(C)[C@H]1C[C@H](c2ccc(F)cc2)[C@H](CCCC)O[C@@H]1c1cccc(F)c1OCC(=O)O. The van der Waals surface area contributed by atoms with E-state index < -0.39 is 24.5 Å². The Labute approximate surface area is 187 Å². The molecule has 0 radical (unpaired) electrons. The number of para-hydroxylation sites is 1. The highest BCUT2D eigenvalue weighted by Crippen LogP contribution is 2.49. The molecular formula is C26H30F2O4. The van der Waals surface area contributed by atoms with E-state index in [0.29, 0.717) is 12.0 Å². The highest BCUT2D eigenvalue weighted by molar-refractivity contribution is 5.68. The first-order valence-corrected chi connectivity index (χ1v) is 11.0. The van der Waals surface area contributed by atoms with Crippen LogP contribution in [0, 0.1) is 17.6 Å². The topological polar surface area (TPSA) is 55.8 Å². The molecule has 1 fully saturated rings. The van der Waals surface area contributed by atoms with Gasteiger partial charge in [-0.2, -0.15) is 0 Å². The summed E-state index contributed by atoms with van der Waals surface area (Å²) in [4.78, 5) is 11.0. The minimum absolute atomic E-state index is 0.0389. The number of carboxylic acids is 1. The highest BCUT2D eigenvalue weighted by Gasteiger charge is 2.41. The molecule has 1 heterocycles. The van der Waals surface area contributed by atoms with Gasteiger partial charge >= 0.3 is 5.97 Å². The predicted molar refractivity (Wildman–Crippen MR) is 119 cm³/mol. The van der Waals surface area contributed by atoms with Gasteiger partial charge in [-0.3, -0.25) is 0 Å². The Morgan fingerprint density at radius 3 is 2.56 bits per heavy atom. The summed E-state index contributed by atoms with van der Waals surface area (Å²) in [6.07, 6.45) is 2.78. The molecule has 1 saturated heterocycles. The number of hydrogen-bond acceptors (Lipinski definition) is 3. The van der Waals surface area contributed by atoms with Crippen molar-refractivity contribution in [3.63, 3.8) is 0 Å². The van der Waals surface area contributed by atoms with Crippen LogP contribution >= 0.6 is 0 Å². The van der Waals surface area contributed by atoms with E-state index in [2.05, 4.69) is 13.5 Å². The summed E-state index contributed by atoms with van der Waals surface area (Å²) in [6.45, 7) is 7.51. The van der Waals surface area contributed by atoms with Crippen LogP contribution in [0.25, 0.3) is 0 Å². The Kier molecular flexibility index (Phi) is 8.02. The zero-order valence-corrected chi connectivity index (χ0v) is 18.5. The van der Waals surface area contributed by atoms with Gasteiger partial charge in [0.15, 0.2) is 18.2 Å². The highest BCUT2D eigenvalue weighted by atomic mass is 19.1. The van der Waals surface area contributed by atoms with Crippen LogP contribution in [0.15, 0.2) is 54.6 Å². The summed E-state index contributed by atoms with van der Waals surface area (Å²) < 4.78 is 40.1. The first-order valence-electron chi connectivity index (χ1n) is 11.0. The lowest BCUT2D eigenvalue weighted by Gasteiger charge is -2.43. The number of rotatable bonds is 9. The van der Waals surface area contributed by atoms with Crippen molar-refractivity contribution in [1.29, 1.82) is 0 Å². The van der Waals surface area contributed by atoms with Crippen LogP contribution in [-0.4, -0.2) is 23.8 Å². The molecule has 1 aliphatic heterocycles. The van der Waals surface area contributed by atoms with Crippen LogP contribution < -0.4 is 4.74 Å². The molecule has 6 heteroatoms. The van der Waals surface area contributed by atoms with Gasteiger partial charge < -0.3 is 14.6 Å². The van der Waals surface area contributed by atoms with E-state index >= 15 is 0 Å². The van der Waals surface area contributed by atoms with Crippen LogP contribution in [0.3, 0.4) is 0 Å². The first-order chi connectivity index (χ1) is 15.3. The maximum atomic E-state index is 14.6. The average molecular weight is 445 g/mol. The minimum Gasteiger partial charge on any atom is -0.479 e. The second kappa shape index (κ2) is 10.7. The molecule has 0 unspecified atom stereocenters. The second-order valence-electron chi connectivity index (χ2n) is 8.42. The molecule has 32 heavy (non-hydrogen) atoms. The molecule has 0 aliphatic carbocycles. The van der Waals surface area contributed by atoms with E-state index in [9.17, 15) is 13.6 Å². The van der Waals surface area contributed by atoms with Crippen LogP contribution in [0.2, 0.25) is 0 Å². The van der Waals surface area contributed by atoms with Gasteiger partial charge in [-0.15, -0.1) is 0 Å². The van der Waals surface area contributed by atoms with Crippen molar-refractivity contribution >= 4 is 5.97 Å². The van der Waals surface area contributed by atoms with Crippen molar-refractivity contribution in [2.24, 2.45) is 5.92 Å². The van der Waals surface area contributed by atoms with Crippen molar-refractivity contribution in [2.45, 2.75) is 57.7 Å². The van der Waals surface area contributed by atoms with E-state index in [1.807, 2.05) is 6.92 Å². The monoisotopic (exact) mass is 444 g/mol. The van der Waals surface area contributed by atoms with E-state index in [1.54, 1.807) is 24.3 Å². The van der Waals surface area contributed by atoms with E-state index in [0.717, 1.165) is 30.4 Å². The summed E-state index contributed by atoms with van der Waals surface area (Å²) in [5, 5.41) is 9.01. The Balaban J connectivity index is 1.99. The molecule has 4 atom stereocenters. The van der Waals surface area contributed by atoms with Gasteiger partial charge in [-0.05, 0) is 43.5 Å². The first kappa shape index (κ1) is 23.9. The molecule has 4 nitrogen and oxygen atoms in total. The Bertz CT molecular complexity index is 941. The minimum atomic E-state index is -1.18. The lowest BCUT2D eigenvalue weighted by molar-refractivity contribution is -0.139. The quantitative estimate of drug-likeness (QED) is 0.453. The largest absolute Gasteiger partial charge is 0.479 e. The zero-order valence-electron chi connectivity index (χ0n) is 18.5. The maximum absolute atomic E-state index is 14.6. The molecule has 1 N–H and O–H groups in total. The van der Waals surface area contributed by atoms with Crippen LogP contribution in [-0.2, 0) is 9.53 Å². The van der Waals surface area contributed by atoms with Crippen LogP contribution in [0.5, 0.6) is 5.75 Å². The van der Waals surface area contributed by atoms with Crippen LogP contribution in [0.1, 0.15) is 62.7 Å². The third kappa shape index (κ3) is 5.54. The molecule has 0 aromatic heterocycles. The fourth-order valence-electron chi connectivity index (χ4n) is 4.45. The number of carbonyl (C=O) groups is 1. The molecule has 0 spiro atoms. The van der Waals surface area contributed by atoms with Gasteiger partial charge in [0.1, 0.15) is 5.82 Å². The summed E-state index contributed by atoms with van der Waals surface area (Å²) in [5.41, 5.74) is 2.36. The summed E-state index contributed by atoms with van der Waals surface area (Å²) in [6, 6.07) is 11.0. The standard InChI is InChI=1S/C26H30F2O4/c1-4-5-9-23-21(17-10-12-18(27)13-11-17)14-20(16(2)3)25(32-23)19-7-6-8-22(28)26(19)31-15-24(29)30/h6-8,10-13,20-21,23,25H,2,4-5,9,14-15H2,1,3H3,(H,29,30)/t20-,21-,23+,25-/m1/s1. The molecule has 0 saturated carbocycles. The number of ether oxygens (including phenoxy) is 2. The fraction of sp³-hybridized carbons (Fsp3) is 0.423. The molecule has 2 aromatic rings. The fourth-order valence-corrected chi connectivity index (χ4v) is 4.45. The van der Waals surface area contributed by atoms with Gasteiger partial charge in [-0.1, -0.05) is 56.2 Å². The molecule has 1 aliphatic rings. The molecular weight excluding hydrogens is 414 g/mol. The van der Waals surface area contributed by atoms with E-state index in [1.165, 1.54) is 18.2 Å². The number of unbranched alkanes of at least 4 members (excludes halogenated alkanes) is 1. The number of carboxylic acid groups (broad SMARTS) is 1. The van der Waals surface area contributed by atoms with Crippen molar-refractivity contribution < 1.29 is 28.2 Å².